The van der Waals surface area contributed by atoms with E-state index in [0.717, 1.165) is 6.29 Å². The van der Waals surface area contributed by atoms with Crippen LogP contribution in [0.3, 0.4) is 0 Å². The molecule has 0 aliphatic rings. The van der Waals surface area contributed by atoms with Crippen LogP contribution in [0.15, 0.2) is 24.3 Å². The average Bonchev–Trinajstić information content (AvgIpc) is 2.35. The molecule has 0 atom stereocenters. The van der Waals surface area contributed by atoms with Crippen LogP contribution in [0.2, 0.25) is 0 Å². The summed E-state index contributed by atoms with van der Waals surface area (Å²) in [5, 5.41) is 1.33. The Labute approximate surface area is 105 Å². The monoisotopic (exact) mass is 251 g/mol. The number of anilines is 1. The summed E-state index contributed by atoms with van der Waals surface area (Å²) >= 11 is 4.85. The van der Waals surface area contributed by atoms with Gasteiger partial charge in [0.05, 0.1) is 5.69 Å². The standard InChI is InChI=1S/C11H13N3O2S/c1-2-10(16)13-14(11(12)17)9-5-3-8(7-15)4-6-9/h3-7H,2H2,1H3,(H2,12,17)(H,13,16). The van der Waals surface area contributed by atoms with Crippen molar-refractivity contribution in [1.29, 1.82) is 0 Å². The van der Waals surface area contributed by atoms with Crippen LogP contribution < -0.4 is 16.2 Å². The molecule has 5 nitrogen and oxygen atoms in total. The van der Waals surface area contributed by atoms with Gasteiger partial charge in [-0.1, -0.05) is 6.92 Å². The van der Waals surface area contributed by atoms with E-state index in [-0.39, 0.29) is 11.0 Å². The molecule has 0 saturated heterocycles. The lowest BCUT2D eigenvalue weighted by atomic mass is 10.2. The molecule has 17 heavy (non-hydrogen) atoms. The molecule has 0 saturated carbocycles. The zero-order valence-electron chi connectivity index (χ0n) is 9.34. The van der Waals surface area contributed by atoms with Crippen LogP contribution in [-0.2, 0) is 4.79 Å². The summed E-state index contributed by atoms with van der Waals surface area (Å²) in [5.41, 5.74) is 9.22. The summed E-state index contributed by atoms with van der Waals surface area (Å²) in [6.45, 7) is 1.72. The SMILES string of the molecule is CCC(=O)NN(C(N)=S)c1ccc(C=O)cc1. The average molecular weight is 251 g/mol. The molecule has 0 radical (unpaired) electrons. The van der Waals surface area contributed by atoms with Crippen molar-refractivity contribution in [3.05, 3.63) is 29.8 Å². The van der Waals surface area contributed by atoms with Crippen molar-refractivity contribution < 1.29 is 9.59 Å². The third-order valence-electron chi connectivity index (χ3n) is 2.07. The zero-order chi connectivity index (χ0) is 12.8. The maximum Gasteiger partial charge on any atom is 0.238 e. The lowest BCUT2D eigenvalue weighted by Gasteiger charge is -2.23. The fourth-order valence-electron chi connectivity index (χ4n) is 1.15. The number of hydrazine groups is 1. The minimum Gasteiger partial charge on any atom is -0.374 e. The normalized spacial score (nSPS) is 9.47. The van der Waals surface area contributed by atoms with E-state index in [4.69, 9.17) is 18.0 Å². The van der Waals surface area contributed by atoms with Gasteiger partial charge in [-0.2, -0.15) is 0 Å². The highest BCUT2D eigenvalue weighted by Crippen LogP contribution is 2.12. The van der Waals surface area contributed by atoms with E-state index in [1.54, 1.807) is 31.2 Å². The highest BCUT2D eigenvalue weighted by atomic mass is 32.1. The third kappa shape index (κ3) is 3.53. The lowest BCUT2D eigenvalue weighted by molar-refractivity contribution is -0.120. The first kappa shape index (κ1) is 13.1. The number of benzene rings is 1. The van der Waals surface area contributed by atoms with E-state index in [0.29, 0.717) is 17.7 Å². The van der Waals surface area contributed by atoms with E-state index in [2.05, 4.69) is 5.43 Å². The molecule has 0 spiro atoms. The summed E-state index contributed by atoms with van der Waals surface area (Å²) in [4.78, 5) is 21.8. The molecule has 0 aromatic heterocycles. The van der Waals surface area contributed by atoms with Gasteiger partial charge in [-0.25, -0.2) is 5.01 Å². The van der Waals surface area contributed by atoms with Gasteiger partial charge in [-0.05, 0) is 36.5 Å². The summed E-state index contributed by atoms with van der Waals surface area (Å²) in [5.74, 6) is -0.197. The van der Waals surface area contributed by atoms with Crippen molar-refractivity contribution in [2.45, 2.75) is 13.3 Å². The summed E-state index contributed by atoms with van der Waals surface area (Å²) in [6, 6.07) is 6.54. The Morgan fingerprint density at radius 2 is 2.06 bits per heavy atom. The van der Waals surface area contributed by atoms with Crippen molar-refractivity contribution in [3.63, 3.8) is 0 Å². The number of rotatable bonds is 3. The Bertz CT molecular complexity index is 431. The Kier molecular flexibility index (Phi) is 4.59. The lowest BCUT2D eigenvalue weighted by Crippen LogP contribution is -2.48. The van der Waals surface area contributed by atoms with Crippen molar-refractivity contribution in [1.82, 2.24) is 5.43 Å². The van der Waals surface area contributed by atoms with Gasteiger partial charge in [0, 0.05) is 12.0 Å². The Balaban J connectivity index is 2.93. The topological polar surface area (TPSA) is 75.4 Å². The predicted molar refractivity (Wildman–Crippen MR) is 69.5 cm³/mol. The Morgan fingerprint density at radius 1 is 1.47 bits per heavy atom. The molecule has 0 unspecified atom stereocenters. The molecule has 0 heterocycles. The molecule has 1 amide bonds. The van der Waals surface area contributed by atoms with Gasteiger partial charge in [0.15, 0.2) is 5.11 Å². The minimum absolute atomic E-state index is 0.0330. The molecule has 6 heteroatoms. The van der Waals surface area contributed by atoms with Gasteiger partial charge in [0.2, 0.25) is 5.91 Å². The minimum atomic E-state index is -0.197. The first-order valence-corrected chi connectivity index (χ1v) is 5.43. The third-order valence-corrected chi connectivity index (χ3v) is 2.25. The van der Waals surface area contributed by atoms with Crippen LogP contribution in [-0.4, -0.2) is 17.3 Å². The summed E-state index contributed by atoms with van der Waals surface area (Å²) in [6.07, 6.45) is 1.06. The molecule has 1 aromatic rings. The van der Waals surface area contributed by atoms with E-state index >= 15 is 0 Å². The zero-order valence-corrected chi connectivity index (χ0v) is 10.2. The molecular formula is C11H13N3O2S. The maximum atomic E-state index is 11.3. The number of nitrogens with two attached hydrogens (primary N) is 1. The number of hydrogen-bond acceptors (Lipinski definition) is 3. The fourth-order valence-corrected chi connectivity index (χ4v) is 1.30. The van der Waals surface area contributed by atoms with E-state index in [1.807, 2.05) is 0 Å². The molecular weight excluding hydrogens is 238 g/mol. The van der Waals surface area contributed by atoms with E-state index < -0.39 is 0 Å². The van der Waals surface area contributed by atoms with E-state index in [1.165, 1.54) is 5.01 Å². The largest absolute Gasteiger partial charge is 0.374 e. The molecule has 0 aliphatic carbocycles. The second kappa shape index (κ2) is 5.95. The number of thiocarbonyl (C=S) groups is 1. The van der Waals surface area contributed by atoms with Crippen LogP contribution in [0, 0.1) is 0 Å². The van der Waals surface area contributed by atoms with Crippen molar-refractivity contribution in [2.75, 3.05) is 5.01 Å². The summed E-state index contributed by atoms with van der Waals surface area (Å²) < 4.78 is 0. The molecule has 0 bridgehead atoms. The molecule has 1 rings (SSSR count). The first-order chi connectivity index (χ1) is 8.08. The molecule has 0 aliphatic heterocycles. The van der Waals surface area contributed by atoms with Crippen LogP contribution in [0.4, 0.5) is 5.69 Å². The fraction of sp³-hybridized carbons (Fsp3) is 0.182. The second-order valence-corrected chi connectivity index (χ2v) is 3.69. The predicted octanol–water partition coefficient (Wildman–Crippen LogP) is 0.990. The van der Waals surface area contributed by atoms with Crippen LogP contribution in [0.25, 0.3) is 0 Å². The van der Waals surface area contributed by atoms with Crippen LogP contribution in [0.1, 0.15) is 23.7 Å². The van der Waals surface area contributed by atoms with Gasteiger partial charge in [0.25, 0.3) is 0 Å². The van der Waals surface area contributed by atoms with Crippen molar-refractivity contribution in [2.24, 2.45) is 5.73 Å². The van der Waals surface area contributed by atoms with Gasteiger partial charge in [0.1, 0.15) is 6.29 Å². The molecule has 0 fully saturated rings. The number of carbonyl (C=O) groups is 2. The molecule has 3 N–H and O–H groups in total. The highest BCUT2D eigenvalue weighted by Gasteiger charge is 2.11. The Hall–Kier alpha value is -1.95. The number of aldehydes is 1. The van der Waals surface area contributed by atoms with Crippen molar-refractivity contribution in [3.8, 4) is 0 Å². The number of carbonyl (C=O) groups excluding carboxylic acids is 2. The number of nitrogens with zero attached hydrogens (tertiary/aromatic N) is 1. The van der Waals surface area contributed by atoms with Gasteiger partial charge in [-0.3, -0.25) is 15.0 Å². The first-order valence-electron chi connectivity index (χ1n) is 5.02. The number of amides is 1. The van der Waals surface area contributed by atoms with Crippen molar-refractivity contribution >= 4 is 35.2 Å². The van der Waals surface area contributed by atoms with E-state index in [9.17, 15) is 9.59 Å². The van der Waals surface area contributed by atoms with Crippen LogP contribution in [0.5, 0.6) is 0 Å². The number of hydrogen-bond donors (Lipinski definition) is 2. The maximum absolute atomic E-state index is 11.3. The molecule has 90 valence electrons. The highest BCUT2D eigenvalue weighted by molar-refractivity contribution is 7.80. The quantitative estimate of drug-likeness (QED) is 0.476. The van der Waals surface area contributed by atoms with Crippen LogP contribution >= 0.6 is 12.2 Å². The number of nitrogens with one attached hydrogen (secondary N) is 1. The van der Waals surface area contributed by atoms with Gasteiger partial charge in [-0.15, -0.1) is 0 Å². The second-order valence-electron chi connectivity index (χ2n) is 3.27. The Morgan fingerprint density at radius 3 is 2.47 bits per heavy atom. The smallest absolute Gasteiger partial charge is 0.238 e. The van der Waals surface area contributed by atoms with Gasteiger partial charge < -0.3 is 5.73 Å². The summed E-state index contributed by atoms with van der Waals surface area (Å²) in [7, 11) is 0. The van der Waals surface area contributed by atoms with Gasteiger partial charge >= 0.3 is 0 Å². The molecule has 1 aromatic carbocycles.